The Balaban J connectivity index is 1.86. The molecule has 0 aromatic heterocycles. The number of carboxylic acids is 1. The molecule has 8 nitrogen and oxygen atoms in total. The first-order valence-corrected chi connectivity index (χ1v) is 6.54. The Morgan fingerprint density at radius 2 is 1.85 bits per heavy atom. The van der Waals surface area contributed by atoms with Crippen molar-refractivity contribution < 1.29 is 24.3 Å². The van der Waals surface area contributed by atoms with Gasteiger partial charge in [0.1, 0.15) is 13.1 Å². The third kappa shape index (κ3) is 3.46. The number of carbonyl (C=O) groups excluding carboxylic acids is 3. The highest BCUT2D eigenvalue weighted by molar-refractivity contribution is 6.02. The second kappa shape index (κ2) is 5.89. The van der Waals surface area contributed by atoms with E-state index in [-0.39, 0.29) is 31.5 Å². The molecule has 2 rings (SSSR count). The van der Waals surface area contributed by atoms with E-state index in [0.29, 0.717) is 19.5 Å². The summed E-state index contributed by atoms with van der Waals surface area (Å²) in [5.74, 6) is -1.62. The molecular weight excluding hydrogens is 266 g/mol. The molecular formula is C12H17N3O5. The van der Waals surface area contributed by atoms with E-state index in [0.717, 1.165) is 6.42 Å². The summed E-state index contributed by atoms with van der Waals surface area (Å²) in [5.41, 5.74) is 0. The molecule has 0 bridgehead atoms. The van der Waals surface area contributed by atoms with Crippen LogP contribution >= 0.6 is 0 Å². The summed E-state index contributed by atoms with van der Waals surface area (Å²) in [4.78, 5) is 48.0. The van der Waals surface area contributed by atoms with Crippen molar-refractivity contribution in [2.75, 3.05) is 26.2 Å². The zero-order valence-corrected chi connectivity index (χ0v) is 11.0. The summed E-state index contributed by atoms with van der Waals surface area (Å²) >= 11 is 0. The average Bonchev–Trinajstić information content (AvgIpc) is 2.83. The first-order chi connectivity index (χ1) is 9.45. The van der Waals surface area contributed by atoms with Crippen molar-refractivity contribution in [3.63, 3.8) is 0 Å². The van der Waals surface area contributed by atoms with E-state index in [2.05, 4.69) is 5.32 Å². The molecule has 20 heavy (non-hydrogen) atoms. The molecule has 2 saturated heterocycles. The summed E-state index contributed by atoms with van der Waals surface area (Å²) in [7, 11) is 0. The van der Waals surface area contributed by atoms with E-state index >= 15 is 0 Å². The Kier molecular flexibility index (Phi) is 4.21. The molecule has 8 heteroatoms. The molecule has 1 unspecified atom stereocenters. The zero-order chi connectivity index (χ0) is 14.7. The van der Waals surface area contributed by atoms with Crippen LogP contribution in [0, 0.1) is 5.92 Å². The van der Waals surface area contributed by atoms with Gasteiger partial charge in [-0.3, -0.25) is 19.7 Å². The van der Waals surface area contributed by atoms with Gasteiger partial charge < -0.3 is 14.9 Å². The summed E-state index contributed by atoms with van der Waals surface area (Å²) < 4.78 is 0. The number of piperazine rings is 1. The van der Waals surface area contributed by atoms with Gasteiger partial charge in [0.05, 0.1) is 0 Å². The van der Waals surface area contributed by atoms with Crippen LogP contribution in [0.2, 0.25) is 0 Å². The molecule has 0 spiro atoms. The second-order valence-electron chi connectivity index (χ2n) is 5.14. The smallest absolute Gasteiger partial charge is 0.320 e. The van der Waals surface area contributed by atoms with E-state index in [1.165, 1.54) is 4.90 Å². The Morgan fingerprint density at radius 1 is 1.20 bits per heavy atom. The van der Waals surface area contributed by atoms with Gasteiger partial charge in [-0.05, 0) is 18.8 Å². The highest BCUT2D eigenvalue weighted by atomic mass is 16.4. The number of urea groups is 1. The topological polar surface area (TPSA) is 107 Å². The number of rotatable bonds is 3. The Labute approximate surface area is 115 Å². The lowest BCUT2D eigenvalue weighted by Crippen LogP contribution is -2.56. The summed E-state index contributed by atoms with van der Waals surface area (Å²) in [6, 6.07) is -0.328. The summed E-state index contributed by atoms with van der Waals surface area (Å²) in [5, 5.41) is 10.8. The standard InChI is InChI=1S/C12H17N3O5/c16-9-6-15(7-10(17)13-9)12(20)14-4-3-8(5-14)1-2-11(18)19/h8H,1-7H2,(H,18,19)(H,13,16,17). The van der Waals surface area contributed by atoms with Crippen molar-refractivity contribution in [1.29, 1.82) is 0 Å². The van der Waals surface area contributed by atoms with E-state index in [9.17, 15) is 19.2 Å². The predicted octanol–water partition coefficient (Wildman–Crippen LogP) is -0.748. The van der Waals surface area contributed by atoms with Gasteiger partial charge in [-0.1, -0.05) is 0 Å². The van der Waals surface area contributed by atoms with Crippen LogP contribution in [-0.2, 0) is 14.4 Å². The first kappa shape index (κ1) is 14.3. The molecule has 2 fully saturated rings. The van der Waals surface area contributed by atoms with Crippen molar-refractivity contribution in [2.24, 2.45) is 5.92 Å². The Hall–Kier alpha value is -2.12. The van der Waals surface area contributed by atoms with Gasteiger partial charge in [0.2, 0.25) is 11.8 Å². The Bertz CT molecular complexity index is 434. The molecule has 2 N–H and O–H groups in total. The summed E-state index contributed by atoms with van der Waals surface area (Å²) in [6.07, 6.45) is 1.39. The number of hydrogen-bond acceptors (Lipinski definition) is 4. The van der Waals surface area contributed by atoms with Crippen LogP contribution in [0.4, 0.5) is 4.79 Å². The third-order valence-electron chi connectivity index (χ3n) is 3.54. The van der Waals surface area contributed by atoms with Gasteiger partial charge in [-0.15, -0.1) is 0 Å². The number of amides is 4. The van der Waals surface area contributed by atoms with Crippen molar-refractivity contribution in [3.8, 4) is 0 Å². The monoisotopic (exact) mass is 283 g/mol. The van der Waals surface area contributed by atoms with E-state index in [4.69, 9.17) is 5.11 Å². The highest BCUT2D eigenvalue weighted by Gasteiger charge is 2.33. The van der Waals surface area contributed by atoms with Gasteiger partial charge in [0, 0.05) is 19.5 Å². The largest absolute Gasteiger partial charge is 0.481 e. The van der Waals surface area contributed by atoms with Gasteiger partial charge >= 0.3 is 12.0 Å². The van der Waals surface area contributed by atoms with Crippen LogP contribution in [0.1, 0.15) is 19.3 Å². The van der Waals surface area contributed by atoms with Crippen LogP contribution < -0.4 is 5.32 Å². The molecule has 110 valence electrons. The van der Waals surface area contributed by atoms with Gasteiger partial charge in [-0.2, -0.15) is 0 Å². The van der Waals surface area contributed by atoms with Crippen LogP contribution in [-0.4, -0.2) is 64.9 Å². The van der Waals surface area contributed by atoms with Crippen LogP contribution in [0.15, 0.2) is 0 Å². The van der Waals surface area contributed by atoms with E-state index in [1.54, 1.807) is 4.90 Å². The number of aliphatic carboxylic acids is 1. The molecule has 0 saturated carbocycles. The lowest BCUT2D eigenvalue weighted by atomic mass is 10.0. The number of likely N-dealkylation sites (tertiary alicyclic amines) is 1. The van der Waals surface area contributed by atoms with Crippen LogP contribution in [0.25, 0.3) is 0 Å². The number of carboxylic acid groups (broad SMARTS) is 1. The molecule has 4 amide bonds. The SMILES string of the molecule is O=C(O)CCC1CCN(C(=O)N2CC(=O)NC(=O)C2)C1. The Morgan fingerprint density at radius 3 is 2.45 bits per heavy atom. The number of nitrogens with zero attached hydrogens (tertiary/aromatic N) is 2. The lowest BCUT2D eigenvalue weighted by Gasteiger charge is -2.29. The van der Waals surface area contributed by atoms with Crippen molar-refractivity contribution >= 4 is 23.8 Å². The van der Waals surface area contributed by atoms with Gasteiger partial charge in [-0.25, -0.2) is 4.79 Å². The van der Waals surface area contributed by atoms with E-state index in [1.807, 2.05) is 0 Å². The van der Waals surface area contributed by atoms with Crippen molar-refractivity contribution in [1.82, 2.24) is 15.1 Å². The maximum Gasteiger partial charge on any atom is 0.320 e. The highest BCUT2D eigenvalue weighted by Crippen LogP contribution is 2.22. The molecule has 2 aliphatic heterocycles. The molecule has 2 heterocycles. The fraction of sp³-hybridized carbons (Fsp3) is 0.667. The van der Waals surface area contributed by atoms with Crippen molar-refractivity contribution in [3.05, 3.63) is 0 Å². The third-order valence-corrected chi connectivity index (χ3v) is 3.54. The molecule has 0 radical (unpaired) electrons. The normalized spacial score (nSPS) is 22.9. The summed E-state index contributed by atoms with van der Waals surface area (Å²) in [6.45, 7) is 0.801. The molecule has 0 aromatic rings. The number of carbonyl (C=O) groups is 4. The van der Waals surface area contributed by atoms with Gasteiger partial charge in [0.25, 0.3) is 0 Å². The van der Waals surface area contributed by atoms with Crippen molar-refractivity contribution in [2.45, 2.75) is 19.3 Å². The van der Waals surface area contributed by atoms with Gasteiger partial charge in [0.15, 0.2) is 0 Å². The molecule has 0 aliphatic carbocycles. The van der Waals surface area contributed by atoms with Crippen LogP contribution in [0.3, 0.4) is 0 Å². The minimum absolute atomic E-state index is 0.0945. The second-order valence-corrected chi connectivity index (χ2v) is 5.14. The number of nitrogens with one attached hydrogen (secondary N) is 1. The van der Waals surface area contributed by atoms with E-state index < -0.39 is 17.8 Å². The minimum Gasteiger partial charge on any atom is -0.481 e. The first-order valence-electron chi connectivity index (χ1n) is 6.54. The molecule has 0 aromatic carbocycles. The zero-order valence-electron chi connectivity index (χ0n) is 11.0. The molecule has 2 aliphatic rings. The number of imide groups is 1. The molecule has 1 atom stereocenters. The minimum atomic E-state index is -0.840. The number of hydrogen-bond donors (Lipinski definition) is 2. The average molecular weight is 283 g/mol. The van der Waals surface area contributed by atoms with Crippen LogP contribution in [0.5, 0.6) is 0 Å². The quantitative estimate of drug-likeness (QED) is 0.663. The fourth-order valence-electron chi connectivity index (χ4n) is 2.54. The predicted molar refractivity (Wildman–Crippen MR) is 66.7 cm³/mol. The lowest BCUT2D eigenvalue weighted by molar-refractivity contribution is -0.137. The maximum atomic E-state index is 12.2. The fourth-order valence-corrected chi connectivity index (χ4v) is 2.54. The maximum absolute atomic E-state index is 12.2.